The summed E-state index contributed by atoms with van der Waals surface area (Å²) in [5, 5.41) is 0. The molecule has 2 N–H and O–H groups in total. The molecular formula is C13H21N. The SMILES string of the molecule is Cc1cccc(CC(C)C(C)CN)c1. The molecule has 1 aromatic rings. The van der Waals surface area contributed by atoms with Crippen molar-refractivity contribution >= 4 is 0 Å². The third-order valence-electron chi connectivity index (χ3n) is 2.98. The summed E-state index contributed by atoms with van der Waals surface area (Å²) in [7, 11) is 0. The Labute approximate surface area is 87.3 Å². The molecule has 0 saturated heterocycles. The molecule has 1 nitrogen and oxygen atoms in total. The Morgan fingerprint density at radius 1 is 1.21 bits per heavy atom. The summed E-state index contributed by atoms with van der Waals surface area (Å²) in [5.74, 6) is 1.28. The highest BCUT2D eigenvalue weighted by Crippen LogP contribution is 2.16. The Morgan fingerprint density at radius 2 is 1.93 bits per heavy atom. The summed E-state index contributed by atoms with van der Waals surface area (Å²) in [4.78, 5) is 0. The molecule has 1 heteroatoms. The van der Waals surface area contributed by atoms with Crippen molar-refractivity contribution < 1.29 is 0 Å². The van der Waals surface area contributed by atoms with E-state index < -0.39 is 0 Å². The van der Waals surface area contributed by atoms with E-state index in [0.29, 0.717) is 11.8 Å². The van der Waals surface area contributed by atoms with Gasteiger partial charge in [0.1, 0.15) is 0 Å². The van der Waals surface area contributed by atoms with Gasteiger partial charge in [-0.25, -0.2) is 0 Å². The largest absolute Gasteiger partial charge is 0.330 e. The first-order chi connectivity index (χ1) is 6.63. The van der Waals surface area contributed by atoms with E-state index in [1.807, 2.05) is 0 Å². The van der Waals surface area contributed by atoms with Gasteiger partial charge in [0.2, 0.25) is 0 Å². The summed E-state index contributed by atoms with van der Waals surface area (Å²) in [6.07, 6.45) is 1.14. The molecule has 0 aliphatic heterocycles. The van der Waals surface area contributed by atoms with E-state index in [2.05, 4.69) is 45.0 Å². The monoisotopic (exact) mass is 191 g/mol. The van der Waals surface area contributed by atoms with Crippen molar-refractivity contribution in [3.8, 4) is 0 Å². The summed E-state index contributed by atoms with van der Waals surface area (Å²) in [5.41, 5.74) is 8.43. The fraction of sp³-hybridized carbons (Fsp3) is 0.538. The predicted octanol–water partition coefficient (Wildman–Crippen LogP) is 2.77. The fourth-order valence-corrected chi connectivity index (χ4v) is 1.64. The average molecular weight is 191 g/mol. The zero-order chi connectivity index (χ0) is 10.6. The molecule has 0 bridgehead atoms. The summed E-state index contributed by atoms with van der Waals surface area (Å²) < 4.78 is 0. The zero-order valence-corrected chi connectivity index (χ0v) is 9.46. The lowest BCUT2D eigenvalue weighted by Gasteiger charge is -2.18. The Balaban J connectivity index is 2.60. The van der Waals surface area contributed by atoms with Gasteiger partial charge in [0.05, 0.1) is 0 Å². The molecule has 0 radical (unpaired) electrons. The van der Waals surface area contributed by atoms with E-state index in [-0.39, 0.29) is 0 Å². The molecule has 14 heavy (non-hydrogen) atoms. The van der Waals surface area contributed by atoms with Gasteiger partial charge in [-0.15, -0.1) is 0 Å². The maximum Gasteiger partial charge on any atom is -0.00488 e. The molecule has 78 valence electrons. The van der Waals surface area contributed by atoms with E-state index >= 15 is 0 Å². The number of nitrogens with two attached hydrogens (primary N) is 1. The predicted molar refractivity (Wildman–Crippen MR) is 62.3 cm³/mol. The molecule has 0 aliphatic carbocycles. The van der Waals surface area contributed by atoms with Crippen LogP contribution in [0.1, 0.15) is 25.0 Å². The lowest BCUT2D eigenvalue weighted by atomic mass is 9.89. The van der Waals surface area contributed by atoms with Crippen LogP contribution < -0.4 is 5.73 Å². The highest BCUT2D eigenvalue weighted by molar-refractivity contribution is 5.22. The van der Waals surface area contributed by atoms with Crippen LogP contribution in [0.4, 0.5) is 0 Å². The Morgan fingerprint density at radius 3 is 2.50 bits per heavy atom. The number of hydrogen-bond acceptors (Lipinski definition) is 1. The molecule has 0 saturated carbocycles. The van der Waals surface area contributed by atoms with Crippen LogP contribution in [0.15, 0.2) is 24.3 Å². The molecule has 0 fully saturated rings. The first kappa shape index (κ1) is 11.3. The Hall–Kier alpha value is -0.820. The normalized spacial score (nSPS) is 15.1. The average Bonchev–Trinajstić information content (AvgIpc) is 2.16. The van der Waals surface area contributed by atoms with Crippen LogP contribution >= 0.6 is 0 Å². The van der Waals surface area contributed by atoms with Crippen molar-refractivity contribution in [3.63, 3.8) is 0 Å². The van der Waals surface area contributed by atoms with Crippen LogP contribution in [0.2, 0.25) is 0 Å². The van der Waals surface area contributed by atoms with Gasteiger partial charge in [0, 0.05) is 0 Å². The van der Waals surface area contributed by atoms with Crippen molar-refractivity contribution in [1.82, 2.24) is 0 Å². The van der Waals surface area contributed by atoms with Gasteiger partial charge in [0.25, 0.3) is 0 Å². The fourth-order valence-electron chi connectivity index (χ4n) is 1.64. The minimum absolute atomic E-state index is 0.607. The van der Waals surface area contributed by atoms with Gasteiger partial charge in [-0.1, -0.05) is 43.7 Å². The molecule has 0 aliphatic rings. The van der Waals surface area contributed by atoms with Gasteiger partial charge in [-0.05, 0) is 37.3 Å². The molecule has 0 heterocycles. The standard InChI is InChI=1S/C13H21N/c1-10-5-4-6-13(7-10)8-11(2)12(3)9-14/h4-7,11-12H,8-9,14H2,1-3H3. The second-order valence-electron chi connectivity index (χ2n) is 4.38. The molecule has 0 aromatic heterocycles. The molecule has 0 amide bonds. The first-order valence-corrected chi connectivity index (χ1v) is 5.39. The van der Waals surface area contributed by atoms with Crippen molar-refractivity contribution in [2.24, 2.45) is 17.6 Å². The van der Waals surface area contributed by atoms with Gasteiger partial charge in [-0.3, -0.25) is 0 Å². The molecule has 0 spiro atoms. The van der Waals surface area contributed by atoms with E-state index in [1.54, 1.807) is 0 Å². The van der Waals surface area contributed by atoms with Crippen LogP contribution in [0.25, 0.3) is 0 Å². The molecular weight excluding hydrogens is 170 g/mol. The summed E-state index contributed by atoms with van der Waals surface area (Å²) >= 11 is 0. The quantitative estimate of drug-likeness (QED) is 0.778. The molecule has 1 aromatic carbocycles. The third-order valence-corrected chi connectivity index (χ3v) is 2.98. The number of aryl methyl sites for hydroxylation is 1. The Bertz CT molecular complexity index is 280. The van der Waals surface area contributed by atoms with E-state index in [1.165, 1.54) is 11.1 Å². The lowest BCUT2D eigenvalue weighted by molar-refractivity contribution is 0.394. The van der Waals surface area contributed by atoms with Crippen LogP contribution in [0, 0.1) is 18.8 Å². The topological polar surface area (TPSA) is 26.0 Å². The van der Waals surface area contributed by atoms with Crippen molar-refractivity contribution in [2.45, 2.75) is 27.2 Å². The minimum atomic E-state index is 0.607. The van der Waals surface area contributed by atoms with Crippen LogP contribution in [0.5, 0.6) is 0 Å². The van der Waals surface area contributed by atoms with E-state index in [0.717, 1.165) is 13.0 Å². The maximum atomic E-state index is 5.66. The van der Waals surface area contributed by atoms with Gasteiger partial charge in [0.15, 0.2) is 0 Å². The number of rotatable bonds is 4. The van der Waals surface area contributed by atoms with Crippen LogP contribution in [-0.2, 0) is 6.42 Å². The summed E-state index contributed by atoms with van der Waals surface area (Å²) in [6.45, 7) is 7.42. The highest BCUT2D eigenvalue weighted by atomic mass is 14.5. The van der Waals surface area contributed by atoms with Crippen molar-refractivity contribution in [1.29, 1.82) is 0 Å². The second-order valence-corrected chi connectivity index (χ2v) is 4.38. The zero-order valence-electron chi connectivity index (χ0n) is 9.46. The first-order valence-electron chi connectivity index (χ1n) is 5.39. The van der Waals surface area contributed by atoms with E-state index in [9.17, 15) is 0 Å². The van der Waals surface area contributed by atoms with Crippen molar-refractivity contribution in [2.75, 3.05) is 6.54 Å². The summed E-state index contributed by atoms with van der Waals surface area (Å²) in [6, 6.07) is 8.73. The van der Waals surface area contributed by atoms with Crippen molar-refractivity contribution in [3.05, 3.63) is 35.4 Å². The number of hydrogen-bond donors (Lipinski definition) is 1. The highest BCUT2D eigenvalue weighted by Gasteiger charge is 2.10. The Kier molecular flexibility index (Phi) is 4.15. The molecule has 1 rings (SSSR count). The molecule has 2 atom stereocenters. The number of benzene rings is 1. The van der Waals surface area contributed by atoms with Gasteiger partial charge in [-0.2, -0.15) is 0 Å². The van der Waals surface area contributed by atoms with Gasteiger partial charge < -0.3 is 5.73 Å². The second kappa shape index (κ2) is 5.16. The smallest absolute Gasteiger partial charge is 0.00488 e. The minimum Gasteiger partial charge on any atom is -0.330 e. The third kappa shape index (κ3) is 3.15. The maximum absolute atomic E-state index is 5.66. The van der Waals surface area contributed by atoms with Crippen LogP contribution in [0.3, 0.4) is 0 Å². The lowest BCUT2D eigenvalue weighted by Crippen LogP contribution is -2.20. The van der Waals surface area contributed by atoms with E-state index in [4.69, 9.17) is 5.73 Å². The van der Waals surface area contributed by atoms with Crippen LogP contribution in [-0.4, -0.2) is 6.54 Å². The van der Waals surface area contributed by atoms with Gasteiger partial charge >= 0.3 is 0 Å². The molecule has 2 unspecified atom stereocenters.